The van der Waals surface area contributed by atoms with E-state index >= 15 is 0 Å². The topological polar surface area (TPSA) is 47.3 Å². The van der Waals surface area contributed by atoms with Crippen molar-refractivity contribution in [3.8, 4) is 0 Å². The number of rotatable bonds is 4. The summed E-state index contributed by atoms with van der Waals surface area (Å²) in [5.41, 5.74) is 7.06. The van der Waals surface area contributed by atoms with Crippen molar-refractivity contribution in [3.63, 3.8) is 0 Å². The van der Waals surface area contributed by atoms with Gasteiger partial charge in [-0.1, -0.05) is 37.6 Å². The molecule has 0 heterocycles. The summed E-state index contributed by atoms with van der Waals surface area (Å²) in [7, 11) is 1.83. The number of nitrogens with one attached hydrogen (secondary N) is 1. The molecule has 0 aliphatic heterocycles. The van der Waals surface area contributed by atoms with Crippen molar-refractivity contribution in [1.82, 2.24) is 5.43 Å². The molecule has 1 unspecified atom stereocenters. The number of hydrazine groups is 1. The van der Waals surface area contributed by atoms with E-state index in [9.17, 15) is 0 Å². The van der Waals surface area contributed by atoms with Gasteiger partial charge in [-0.15, -0.1) is 0 Å². The molecular weight excluding hydrogens is 260 g/mol. The zero-order chi connectivity index (χ0) is 15.7. The third-order valence-corrected chi connectivity index (χ3v) is 5.29. The van der Waals surface area contributed by atoms with Crippen LogP contribution >= 0.6 is 0 Å². The molecule has 0 saturated heterocycles. The highest BCUT2D eigenvalue weighted by Gasteiger charge is 2.44. The fraction of sp³-hybridized carbons (Fsp3) is 0.667. The molecule has 0 amide bonds. The van der Waals surface area contributed by atoms with Gasteiger partial charge in [-0.2, -0.15) is 0 Å². The van der Waals surface area contributed by atoms with Crippen molar-refractivity contribution in [2.45, 2.75) is 65.0 Å². The molecule has 118 valence electrons. The Hall–Kier alpha value is -0.900. The Kier molecular flexibility index (Phi) is 4.76. The summed E-state index contributed by atoms with van der Waals surface area (Å²) in [6, 6.07) is 6.60. The standard InChI is InChI=1S/C18H30N2O/c1-13-6-7-15(14(2)12-13)16(20-19)18(21-5)10-8-17(3,4)9-11-18/h6-7,12,16,20H,8-11,19H2,1-5H3. The Balaban J connectivity index is 2.34. The highest BCUT2D eigenvalue weighted by atomic mass is 16.5. The number of aryl methyl sites for hydroxylation is 2. The molecule has 0 aromatic heterocycles. The van der Waals surface area contributed by atoms with Gasteiger partial charge in [-0.05, 0) is 56.1 Å². The molecular formula is C18H30N2O. The van der Waals surface area contributed by atoms with Crippen LogP contribution in [0.25, 0.3) is 0 Å². The average molecular weight is 290 g/mol. The van der Waals surface area contributed by atoms with E-state index < -0.39 is 0 Å². The molecule has 21 heavy (non-hydrogen) atoms. The fourth-order valence-electron chi connectivity index (χ4n) is 3.64. The second-order valence-corrected chi connectivity index (χ2v) is 7.39. The van der Waals surface area contributed by atoms with E-state index in [2.05, 4.69) is 51.3 Å². The van der Waals surface area contributed by atoms with E-state index in [1.165, 1.54) is 29.5 Å². The van der Waals surface area contributed by atoms with Crippen molar-refractivity contribution in [2.75, 3.05) is 7.11 Å². The molecule has 1 fully saturated rings. The van der Waals surface area contributed by atoms with Crippen molar-refractivity contribution in [3.05, 3.63) is 34.9 Å². The normalized spacial score (nSPS) is 22.0. The molecule has 3 N–H and O–H groups in total. The van der Waals surface area contributed by atoms with Gasteiger partial charge in [0.1, 0.15) is 0 Å². The molecule has 1 atom stereocenters. The maximum absolute atomic E-state index is 6.02. The van der Waals surface area contributed by atoms with Gasteiger partial charge in [0.25, 0.3) is 0 Å². The Morgan fingerprint density at radius 3 is 2.24 bits per heavy atom. The lowest BCUT2D eigenvalue weighted by Gasteiger charge is -2.47. The van der Waals surface area contributed by atoms with Crippen LogP contribution in [-0.4, -0.2) is 12.7 Å². The van der Waals surface area contributed by atoms with Crippen LogP contribution in [0.2, 0.25) is 0 Å². The molecule has 1 aromatic rings. The predicted molar refractivity (Wildman–Crippen MR) is 88.0 cm³/mol. The average Bonchev–Trinajstić information content (AvgIpc) is 2.44. The summed E-state index contributed by atoms with van der Waals surface area (Å²) in [5, 5.41) is 0. The smallest absolute Gasteiger partial charge is 0.0885 e. The van der Waals surface area contributed by atoms with Crippen LogP contribution in [0.4, 0.5) is 0 Å². The van der Waals surface area contributed by atoms with Crippen molar-refractivity contribution in [1.29, 1.82) is 0 Å². The Morgan fingerprint density at radius 2 is 1.76 bits per heavy atom. The lowest BCUT2D eigenvalue weighted by atomic mass is 9.67. The maximum atomic E-state index is 6.02. The van der Waals surface area contributed by atoms with Crippen LogP contribution in [-0.2, 0) is 4.74 Å². The van der Waals surface area contributed by atoms with Crippen LogP contribution in [0.1, 0.15) is 62.3 Å². The monoisotopic (exact) mass is 290 g/mol. The quantitative estimate of drug-likeness (QED) is 0.655. The van der Waals surface area contributed by atoms with Crippen molar-refractivity contribution in [2.24, 2.45) is 11.3 Å². The molecule has 1 aliphatic carbocycles. The Labute approximate surface area is 129 Å². The number of methoxy groups -OCH3 is 1. The number of nitrogens with two attached hydrogens (primary N) is 1. The molecule has 0 spiro atoms. The molecule has 0 bridgehead atoms. The number of hydrogen-bond donors (Lipinski definition) is 2. The summed E-state index contributed by atoms with van der Waals surface area (Å²) < 4.78 is 6.02. The molecule has 0 radical (unpaired) electrons. The number of benzene rings is 1. The summed E-state index contributed by atoms with van der Waals surface area (Å²) in [4.78, 5) is 0. The first-order chi connectivity index (χ1) is 9.83. The van der Waals surface area contributed by atoms with Crippen molar-refractivity contribution >= 4 is 0 Å². The first-order valence-electron chi connectivity index (χ1n) is 7.92. The summed E-state index contributed by atoms with van der Waals surface area (Å²) in [6.45, 7) is 8.96. The first kappa shape index (κ1) is 16.5. The van der Waals surface area contributed by atoms with Crippen LogP contribution in [0.5, 0.6) is 0 Å². The first-order valence-corrected chi connectivity index (χ1v) is 7.92. The zero-order valence-corrected chi connectivity index (χ0v) is 14.1. The van der Waals surface area contributed by atoms with Crippen LogP contribution in [0, 0.1) is 19.3 Å². The van der Waals surface area contributed by atoms with Gasteiger partial charge >= 0.3 is 0 Å². The van der Waals surface area contributed by atoms with Crippen LogP contribution < -0.4 is 11.3 Å². The van der Waals surface area contributed by atoms with Gasteiger partial charge in [0.2, 0.25) is 0 Å². The van der Waals surface area contributed by atoms with E-state index in [4.69, 9.17) is 10.6 Å². The van der Waals surface area contributed by atoms with E-state index in [1.54, 1.807) is 0 Å². The Morgan fingerprint density at radius 1 is 1.14 bits per heavy atom. The SMILES string of the molecule is COC1(C(NN)c2ccc(C)cc2C)CCC(C)(C)CC1. The van der Waals surface area contributed by atoms with Gasteiger partial charge in [-0.3, -0.25) is 11.3 Å². The minimum absolute atomic E-state index is 0.0409. The number of ether oxygens (including phenoxy) is 1. The lowest BCUT2D eigenvalue weighted by Crippen LogP contribution is -2.51. The highest BCUT2D eigenvalue weighted by molar-refractivity contribution is 5.34. The minimum Gasteiger partial charge on any atom is -0.376 e. The molecule has 3 heteroatoms. The van der Waals surface area contributed by atoms with Gasteiger partial charge in [0.15, 0.2) is 0 Å². The molecule has 1 aliphatic rings. The van der Waals surface area contributed by atoms with E-state index in [1.807, 2.05) is 7.11 Å². The number of hydrogen-bond acceptors (Lipinski definition) is 3. The maximum Gasteiger partial charge on any atom is 0.0885 e. The molecule has 1 saturated carbocycles. The van der Waals surface area contributed by atoms with Gasteiger partial charge in [-0.25, -0.2) is 0 Å². The van der Waals surface area contributed by atoms with Crippen LogP contribution in [0.15, 0.2) is 18.2 Å². The zero-order valence-electron chi connectivity index (χ0n) is 14.1. The fourth-order valence-corrected chi connectivity index (χ4v) is 3.64. The predicted octanol–water partition coefficient (Wildman–Crippen LogP) is 3.79. The summed E-state index contributed by atoms with van der Waals surface area (Å²) in [5.74, 6) is 5.94. The molecule has 1 aromatic carbocycles. The second-order valence-electron chi connectivity index (χ2n) is 7.39. The summed E-state index contributed by atoms with van der Waals surface area (Å²) >= 11 is 0. The highest BCUT2D eigenvalue weighted by Crippen LogP contribution is 2.47. The van der Waals surface area contributed by atoms with Gasteiger partial charge in [0.05, 0.1) is 11.6 Å². The second kappa shape index (κ2) is 6.07. The third-order valence-electron chi connectivity index (χ3n) is 5.29. The third kappa shape index (κ3) is 3.31. The van der Waals surface area contributed by atoms with E-state index in [-0.39, 0.29) is 11.6 Å². The summed E-state index contributed by atoms with van der Waals surface area (Å²) in [6.07, 6.45) is 4.42. The van der Waals surface area contributed by atoms with E-state index in [0.29, 0.717) is 5.41 Å². The largest absolute Gasteiger partial charge is 0.376 e. The van der Waals surface area contributed by atoms with E-state index in [0.717, 1.165) is 12.8 Å². The minimum atomic E-state index is -0.204. The van der Waals surface area contributed by atoms with Gasteiger partial charge < -0.3 is 4.74 Å². The van der Waals surface area contributed by atoms with Crippen LogP contribution in [0.3, 0.4) is 0 Å². The molecule has 2 rings (SSSR count). The van der Waals surface area contributed by atoms with Gasteiger partial charge in [0, 0.05) is 7.11 Å². The Bertz CT molecular complexity index is 486. The van der Waals surface area contributed by atoms with Crippen molar-refractivity contribution < 1.29 is 4.74 Å². The lowest BCUT2D eigenvalue weighted by molar-refractivity contribution is -0.0878. The molecule has 3 nitrogen and oxygen atoms in total.